The number of hydrogen-bond donors (Lipinski definition) is 1. The molecule has 68 valence electrons. The number of amides is 2. The van der Waals surface area contributed by atoms with Crippen LogP contribution in [0.25, 0.3) is 0 Å². The lowest BCUT2D eigenvalue weighted by atomic mass is 10.0. The maximum atomic E-state index is 11.3. The summed E-state index contributed by atoms with van der Waals surface area (Å²) in [6, 6.07) is -0.300. The maximum absolute atomic E-state index is 11.3. The fourth-order valence-corrected chi connectivity index (χ4v) is 1.47. The minimum absolute atomic E-state index is 0.0201. The van der Waals surface area contributed by atoms with E-state index in [-0.39, 0.29) is 30.3 Å². The zero-order valence-electron chi connectivity index (χ0n) is 7.63. The van der Waals surface area contributed by atoms with Crippen LogP contribution in [0.4, 0.5) is 0 Å². The molecule has 1 fully saturated rings. The molecular formula is C8H14N2O2. The molecule has 12 heavy (non-hydrogen) atoms. The Morgan fingerprint density at radius 2 is 2.08 bits per heavy atom. The molecule has 0 aliphatic carbocycles. The number of carbonyl (C=O) groups is 2. The van der Waals surface area contributed by atoms with Gasteiger partial charge in [0.25, 0.3) is 0 Å². The highest BCUT2D eigenvalue weighted by Gasteiger charge is 2.33. The van der Waals surface area contributed by atoms with E-state index in [4.69, 9.17) is 0 Å². The third kappa shape index (κ3) is 1.42. The Kier molecular flexibility index (Phi) is 2.35. The Hall–Kier alpha value is -1.06. The van der Waals surface area contributed by atoms with Crippen LogP contribution >= 0.6 is 0 Å². The first-order valence-electron chi connectivity index (χ1n) is 4.07. The van der Waals surface area contributed by atoms with Gasteiger partial charge >= 0.3 is 0 Å². The highest BCUT2D eigenvalue weighted by molar-refractivity contribution is 5.94. The molecular weight excluding hydrogens is 156 g/mol. The van der Waals surface area contributed by atoms with Crippen LogP contribution in [0.1, 0.15) is 13.8 Å². The highest BCUT2D eigenvalue weighted by Crippen LogP contribution is 2.11. The summed E-state index contributed by atoms with van der Waals surface area (Å²) in [6.07, 6.45) is 0. The van der Waals surface area contributed by atoms with Crippen LogP contribution in [0.5, 0.6) is 0 Å². The van der Waals surface area contributed by atoms with Crippen LogP contribution in [0, 0.1) is 5.92 Å². The van der Waals surface area contributed by atoms with E-state index in [1.807, 2.05) is 13.8 Å². The van der Waals surface area contributed by atoms with E-state index in [1.54, 1.807) is 7.05 Å². The van der Waals surface area contributed by atoms with Crippen LogP contribution in [0.15, 0.2) is 0 Å². The minimum Gasteiger partial charge on any atom is -0.345 e. The topological polar surface area (TPSA) is 49.4 Å². The average molecular weight is 170 g/mol. The van der Waals surface area contributed by atoms with Crippen molar-refractivity contribution >= 4 is 11.8 Å². The zero-order chi connectivity index (χ0) is 9.30. The fraction of sp³-hybridized carbons (Fsp3) is 0.750. The molecule has 1 N–H and O–H groups in total. The van der Waals surface area contributed by atoms with Gasteiger partial charge in [0.1, 0.15) is 6.04 Å². The summed E-state index contributed by atoms with van der Waals surface area (Å²) in [7, 11) is 1.67. The van der Waals surface area contributed by atoms with Gasteiger partial charge in [-0.05, 0) is 5.92 Å². The average Bonchev–Trinajstić information content (AvgIpc) is 1.97. The SMILES string of the molecule is CC(C)[C@H]1C(=O)NCC(=O)N1C. The summed E-state index contributed by atoms with van der Waals surface area (Å²) in [5, 5.41) is 2.56. The lowest BCUT2D eigenvalue weighted by Crippen LogP contribution is -2.58. The third-order valence-electron chi connectivity index (χ3n) is 2.12. The molecule has 4 heteroatoms. The highest BCUT2D eigenvalue weighted by atomic mass is 16.2. The number of nitrogens with one attached hydrogen (secondary N) is 1. The summed E-state index contributed by atoms with van der Waals surface area (Å²) in [5.74, 6) is 0.0969. The van der Waals surface area contributed by atoms with Crippen molar-refractivity contribution in [3.8, 4) is 0 Å². The first-order chi connectivity index (χ1) is 5.54. The molecule has 4 nitrogen and oxygen atoms in total. The standard InChI is InChI=1S/C8H14N2O2/c1-5(2)7-8(12)9-4-6(11)10(7)3/h5,7H,4H2,1-3H3,(H,9,12)/t7-/m0/s1. The summed E-state index contributed by atoms with van der Waals surface area (Å²) < 4.78 is 0. The zero-order valence-corrected chi connectivity index (χ0v) is 7.63. The van der Waals surface area contributed by atoms with Gasteiger partial charge < -0.3 is 10.2 Å². The molecule has 0 aromatic carbocycles. The molecule has 0 spiro atoms. The van der Waals surface area contributed by atoms with Gasteiger partial charge in [0.05, 0.1) is 6.54 Å². The Bertz CT molecular complexity index is 213. The number of likely N-dealkylation sites (N-methyl/N-ethyl adjacent to an activating group) is 1. The molecule has 1 aliphatic rings. The molecule has 0 aromatic rings. The molecule has 0 bridgehead atoms. The van der Waals surface area contributed by atoms with Crippen molar-refractivity contribution in [2.24, 2.45) is 5.92 Å². The van der Waals surface area contributed by atoms with Crippen LogP contribution in [0.3, 0.4) is 0 Å². The number of piperazine rings is 1. The smallest absolute Gasteiger partial charge is 0.243 e. The predicted molar refractivity (Wildman–Crippen MR) is 44.4 cm³/mol. The Morgan fingerprint density at radius 3 is 2.50 bits per heavy atom. The number of nitrogens with zero attached hydrogens (tertiary/aromatic N) is 1. The third-order valence-corrected chi connectivity index (χ3v) is 2.12. The van der Waals surface area contributed by atoms with Crippen LogP contribution < -0.4 is 5.32 Å². The van der Waals surface area contributed by atoms with Gasteiger partial charge in [0.2, 0.25) is 11.8 Å². The molecule has 1 saturated heterocycles. The van der Waals surface area contributed by atoms with E-state index >= 15 is 0 Å². The Morgan fingerprint density at radius 1 is 1.50 bits per heavy atom. The lowest BCUT2D eigenvalue weighted by molar-refractivity contribution is -0.145. The summed E-state index contributed by atoms with van der Waals surface area (Å²) in [6.45, 7) is 4.00. The Labute approximate surface area is 71.9 Å². The second-order valence-electron chi connectivity index (χ2n) is 3.41. The maximum Gasteiger partial charge on any atom is 0.243 e. The lowest BCUT2D eigenvalue weighted by Gasteiger charge is -2.34. The summed E-state index contributed by atoms with van der Waals surface area (Å²) in [4.78, 5) is 24.0. The van der Waals surface area contributed by atoms with Crippen molar-refractivity contribution in [2.45, 2.75) is 19.9 Å². The molecule has 0 saturated carbocycles. The van der Waals surface area contributed by atoms with Gasteiger partial charge in [-0.3, -0.25) is 9.59 Å². The number of hydrogen-bond acceptors (Lipinski definition) is 2. The van der Waals surface area contributed by atoms with E-state index < -0.39 is 0 Å². The van der Waals surface area contributed by atoms with Gasteiger partial charge in [-0.15, -0.1) is 0 Å². The van der Waals surface area contributed by atoms with E-state index in [9.17, 15) is 9.59 Å². The van der Waals surface area contributed by atoms with E-state index in [0.29, 0.717) is 0 Å². The quantitative estimate of drug-likeness (QED) is 0.582. The molecule has 1 aliphatic heterocycles. The van der Waals surface area contributed by atoms with Crippen molar-refractivity contribution < 1.29 is 9.59 Å². The van der Waals surface area contributed by atoms with Gasteiger partial charge in [-0.1, -0.05) is 13.8 Å². The van der Waals surface area contributed by atoms with Crippen LogP contribution in [0.2, 0.25) is 0 Å². The molecule has 1 rings (SSSR count). The minimum atomic E-state index is -0.300. The van der Waals surface area contributed by atoms with Crippen molar-refractivity contribution in [2.75, 3.05) is 13.6 Å². The molecule has 1 heterocycles. The van der Waals surface area contributed by atoms with Gasteiger partial charge in [-0.2, -0.15) is 0 Å². The van der Waals surface area contributed by atoms with Crippen molar-refractivity contribution in [1.29, 1.82) is 0 Å². The van der Waals surface area contributed by atoms with Crippen molar-refractivity contribution in [1.82, 2.24) is 10.2 Å². The van der Waals surface area contributed by atoms with E-state index in [0.717, 1.165) is 0 Å². The molecule has 2 amide bonds. The summed E-state index contributed by atoms with van der Waals surface area (Å²) >= 11 is 0. The van der Waals surface area contributed by atoms with E-state index in [2.05, 4.69) is 5.32 Å². The molecule has 1 atom stereocenters. The van der Waals surface area contributed by atoms with Crippen LogP contribution in [-0.4, -0.2) is 36.3 Å². The van der Waals surface area contributed by atoms with Crippen LogP contribution in [-0.2, 0) is 9.59 Å². The molecule has 0 aromatic heterocycles. The number of carbonyl (C=O) groups excluding carboxylic acids is 2. The van der Waals surface area contributed by atoms with Gasteiger partial charge in [-0.25, -0.2) is 0 Å². The van der Waals surface area contributed by atoms with E-state index in [1.165, 1.54) is 4.90 Å². The largest absolute Gasteiger partial charge is 0.345 e. The van der Waals surface area contributed by atoms with Crippen molar-refractivity contribution in [3.63, 3.8) is 0 Å². The van der Waals surface area contributed by atoms with Gasteiger partial charge in [0.15, 0.2) is 0 Å². The fourth-order valence-electron chi connectivity index (χ4n) is 1.47. The summed E-state index contributed by atoms with van der Waals surface area (Å²) in [5.41, 5.74) is 0. The van der Waals surface area contributed by atoms with Crippen molar-refractivity contribution in [3.05, 3.63) is 0 Å². The second kappa shape index (κ2) is 3.13. The first kappa shape index (κ1) is 9.03. The first-order valence-corrected chi connectivity index (χ1v) is 4.07. The number of rotatable bonds is 1. The molecule has 0 unspecified atom stereocenters. The van der Waals surface area contributed by atoms with Gasteiger partial charge in [0, 0.05) is 7.05 Å². The normalized spacial score (nSPS) is 24.7. The Balaban J connectivity index is 2.78. The molecule has 0 radical (unpaired) electrons. The predicted octanol–water partition coefficient (Wildman–Crippen LogP) is -0.401. The monoisotopic (exact) mass is 170 g/mol. The second-order valence-corrected chi connectivity index (χ2v) is 3.41.